The lowest BCUT2D eigenvalue weighted by Crippen LogP contribution is -2.52. The Morgan fingerprint density at radius 2 is 2.05 bits per heavy atom. The summed E-state index contributed by atoms with van der Waals surface area (Å²) in [6, 6.07) is 1.95. The number of hydrogen-bond donors (Lipinski definition) is 0. The number of nitrogens with zero attached hydrogens (tertiary/aromatic N) is 2. The molecule has 1 aliphatic heterocycles. The lowest BCUT2D eigenvalue weighted by atomic mass is 10.3. The third-order valence-electron chi connectivity index (χ3n) is 3.09. The van der Waals surface area contributed by atoms with Crippen molar-refractivity contribution in [2.75, 3.05) is 20.1 Å². The standard InChI is InChI=1S/C12H20N2O3S2/c1-10-6-14(7-11(2)17-10)19(15,16)13(3)8-12-4-5-18-9-12/h4-5,9-11H,6-8H2,1-3H3. The van der Waals surface area contributed by atoms with Crippen molar-refractivity contribution in [2.24, 2.45) is 0 Å². The molecular weight excluding hydrogens is 284 g/mol. The molecule has 0 aliphatic carbocycles. The van der Waals surface area contributed by atoms with Crippen LogP contribution in [0.15, 0.2) is 16.8 Å². The normalized spacial score (nSPS) is 25.9. The maximum atomic E-state index is 12.5. The molecule has 2 heterocycles. The summed E-state index contributed by atoms with van der Waals surface area (Å²) in [7, 11) is -1.79. The minimum atomic E-state index is -3.41. The molecule has 1 fully saturated rings. The van der Waals surface area contributed by atoms with Crippen LogP contribution in [0.3, 0.4) is 0 Å². The van der Waals surface area contributed by atoms with Gasteiger partial charge in [0, 0.05) is 26.7 Å². The molecular formula is C12H20N2O3S2. The summed E-state index contributed by atoms with van der Waals surface area (Å²) in [5, 5.41) is 3.92. The molecule has 0 amide bonds. The van der Waals surface area contributed by atoms with Crippen molar-refractivity contribution in [3.63, 3.8) is 0 Å². The molecule has 2 unspecified atom stereocenters. The molecule has 2 atom stereocenters. The summed E-state index contributed by atoms with van der Waals surface area (Å²) in [4.78, 5) is 0. The second-order valence-corrected chi connectivity index (χ2v) is 7.79. The van der Waals surface area contributed by atoms with E-state index in [0.29, 0.717) is 19.6 Å². The minimum Gasteiger partial charge on any atom is -0.373 e. The summed E-state index contributed by atoms with van der Waals surface area (Å²) < 4.78 is 33.5. The molecule has 1 aromatic heterocycles. The van der Waals surface area contributed by atoms with Gasteiger partial charge in [-0.15, -0.1) is 0 Å². The monoisotopic (exact) mass is 304 g/mol. The van der Waals surface area contributed by atoms with Gasteiger partial charge < -0.3 is 4.74 Å². The van der Waals surface area contributed by atoms with Crippen molar-refractivity contribution in [3.8, 4) is 0 Å². The van der Waals surface area contributed by atoms with Gasteiger partial charge in [0.2, 0.25) is 0 Å². The molecule has 1 aliphatic rings. The molecule has 1 saturated heterocycles. The van der Waals surface area contributed by atoms with E-state index in [1.165, 1.54) is 8.61 Å². The second kappa shape index (κ2) is 5.88. The van der Waals surface area contributed by atoms with E-state index >= 15 is 0 Å². The summed E-state index contributed by atoms with van der Waals surface area (Å²) in [6.07, 6.45) is -0.124. The first-order chi connectivity index (χ1) is 8.89. The van der Waals surface area contributed by atoms with Crippen molar-refractivity contribution in [2.45, 2.75) is 32.6 Å². The largest absolute Gasteiger partial charge is 0.373 e. The highest BCUT2D eigenvalue weighted by Gasteiger charge is 2.33. The van der Waals surface area contributed by atoms with Crippen LogP contribution in [0.25, 0.3) is 0 Å². The van der Waals surface area contributed by atoms with E-state index in [9.17, 15) is 8.42 Å². The van der Waals surface area contributed by atoms with Gasteiger partial charge >= 0.3 is 0 Å². The van der Waals surface area contributed by atoms with Crippen molar-refractivity contribution in [1.82, 2.24) is 8.61 Å². The molecule has 19 heavy (non-hydrogen) atoms. The van der Waals surface area contributed by atoms with E-state index in [2.05, 4.69) is 0 Å². The number of rotatable bonds is 4. The number of ether oxygens (including phenoxy) is 1. The van der Waals surface area contributed by atoms with E-state index in [1.807, 2.05) is 30.7 Å². The Balaban J connectivity index is 2.08. The second-order valence-electron chi connectivity index (χ2n) is 4.97. The van der Waals surface area contributed by atoms with E-state index in [-0.39, 0.29) is 12.2 Å². The average Bonchev–Trinajstić information content (AvgIpc) is 2.80. The summed E-state index contributed by atoms with van der Waals surface area (Å²) in [5.41, 5.74) is 1.02. The average molecular weight is 304 g/mol. The predicted molar refractivity (Wildman–Crippen MR) is 76.3 cm³/mol. The minimum absolute atomic E-state index is 0.0620. The van der Waals surface area contributed by atoms with E-state index in [4.69, 9.17) is 4.74 Å². The first kappa shape index (κ1) is 14.9. The van der Waals surface area contributed by atoms with Gasteiger partial charge in [-0.1, -0.05) is 0 Å². The van der Waals surface area contributed by atoms with Gasteiger partial charge in [-0.25, -0.2) is 0 Å². The molecule has 108 valence electrons. The van der Waals surface area contributed by atoms with E-state index in [0.717, 1.165) is 5.56 Å². The van der Waals surface area contributed by atoms with Gasteiger partial charge in [0.15, 0.2) is 0 Å². The van der Waals surface area contributed by atoms with Gasteiger partial charge in [-0.2, -0.15) is 28.4 Å². The Morgan fingerprint density at radius 1 is 1.42 bits per heavy atom. The molecule has 1 aromatic rings. The van der Waals surface area contributed by atoms with E-state index < -0.39 is 10.2 Å². The zero-order valence-corrected chi connectivity index (χ0v) is 13.1. The van der Waals surface area contributed by atoms with Gasteiger partial charge in [-0.3, -0.25) is 0 Å². The van der Waals surface area contributed by atoms with Crippen LogP contribution >= 0.6 is 11.3 Å². The van der Waals surface area contributed by atoms with E-state index in [1.54, 1.807) is 18.4 Å². The van der Waals surface area contributed by atoms with Crippen LogP contribution < -0.4 is 0 Å². The fourth-order valence-corrected chi connectivity index (χ4v) is 4.40. The Kier molecular flexibility index (Phi) is 4.62. The maximum Gasteiger partial charge on any atom is 0.282 e. The highest BCUT2D eigenvalue weighted by molar-refractivity contribution is 7.86. The molecule has 0 radical (unpaired) electrons. The number of hydrogen-bond acceptors (Lipinski definition) is 4. The SMILES string of the molecule is CC1CN(S(=O)(=O)N(C)Cc2ccsc2)CC(C)O1. The zero-order chi connectivity index (χ0) is 14.0. The first-order valence-corrected chi connectivity index (χ1v) is 8.61. The zero-order valence-electron chi connectivity index (χ0n) is 11.4. The van der Waals surface area contributed by atoms with Crippen molar-refractivity contribution in [3.05, 3.63) is 22.4 Å². The van der Waals surface area contributed by atoms with Gasteiger partial charge in [0.25, 0.3) is 10.2 Å². The molecule has 0 saturated carbocycles. The predicted octanol–water partition coefficient (Wildman–Crippen LogP) is 1.53. The smallest absolute Gasteiger partial charge is 0.282 e. The molecule has 2 rings (SSSR count). The lowest BCUT2D eigenvalue weighted by molar-refractivity contribution is -0.0453. The van der Waals surface area contributed by atoms with Gasteiger partial charge in [0.1, 0.15) is 0 Å². The van der Waals surface area contributed by atoms with Crippen molar-refractivity contribution < 1.29 is 13.2 Å². The lowest BCUT2D eigenvalue weighted by Gasteiger charge is -2.36. The van der Waals surface area contributed by atoms with Crippen LogP contribution in [-0.2, 0) is 21.5 Å². The Labute approximate surface area is 119 Å². The van der Waals surface area contributed by atoms with Crippen LogP contribution in [0.2, 0.25) is 0 Å². The Bertz CT molecular complexity index is 491. The van der Waals surface area contributed by atoms with Crippen LogP contribution in [0.1, 0.15) is 19.4 Å². The Hall–Kier alpha value is -0.470. The third kappa shape index (κ3) is 3.55. The summed E-state index contributed by atoms with van der Waals surface area (Å²) in [6.45, 7) is 5.04. The molecule has 0 bridgehead atoms. The first-order valence-electron chi connectivity index (χ1n) is 6.27. The number of morpholine rings is 1. The maximum absolute atomic E-state index is 12.5. The van der Waals surface area contributed by atoms with Gasteiger partial charge in [-0.05, 0) is 36.2 Å². The summed E-state index contributed by atoms with van der Waals surface area (Å²) in [5.74, 6) is 0. The van der Waals surface area contributed by atoms with Crippen LogP contribution in [-0.4, -0.2) is 49.4 Å². The quantitative estimate of drug-likeness (QED) is 0.848. The van der Waals surface area contributed by atoms with Crippen LogP contribution in [0, 0.1) is 0 Å². The highest BCUT2D eigenvalue weighted by Crippen LogP contribution is 2.18. The highest BCUT2D eigenvalue weighted by atomic mass is 32.2. The summed E-state index contributed by atoms with van der Waals surface area (Å²) >= 11 is 1.57. The Morgan fingerprint density at radius 3 is 2.58 bits per heavy atom. The topological polar surface area (TPSA) is 49.9 Å². The third-order valence-corrected chi connectivity index (χ3v) is 5.69. The molecule has 7 heteroatoms. The fourth-order valence-electron chi connectivity index (χ4n) is 2.24. The van der Waals surface area contributed by atoms with Crippen LogP contribution in [0.4, 0.5) is 0 Å². The van der Waals surface area contributed by atoms with Crippen molar-refractivity contribution in [1.29, 1.82) is 0 Å². The molecule has 0 spiro atoms. The van der Waals surface area contributed by atoms with Gasteiger partial charge in [0.05, 0.1) is 12.2 Å². The fraction of sp³-hybridized carbons (Fsp3) is 0.667. The van der Waals surface area contributed by atoms with Crippen molar-refractivity contribution >= 4 is 21.5 Å². The molecule has 0 aromatic carbocycles. The molecule has 0 N–H and O–H groups in total. The number of thiophene rings is 1. The van der Waals surface area contributed by atoms with Crippen LogP contribution in [0.5, 0.6) is 0 Å². The molecule has 5 nitrogen and oxygen atoms in total.